The second-order valence-corrected chi connectivity index (χ2v) is 7.62. The van der Waals surface area contributed by atoms with E-state index in [9.17, 15) is 0 Å². The molecule has 0 amide bonds. The van der Waals surface area contributed by atoms with Crippen molar-refractivity contribution in [3.8, 4) is 5.75 Å². The lowest BCUT2D eigenvalue weighted by atomic mass is 10.1. The Hall–Kier alpha value is -2.04. The van der Waals surface area contributed by atoms with E-state index < -0.39 is 0 Å². The Labute approximate surface area is 162 Å². The van der Waals surface area contributed by atoms with Gasteiger partial charge in [-0.05, 0) is 62.6 Å². The number of anilines is 1. The number of hydrogen-bond acceptors (Lipinski definition) is 4. The van der Waals surface area contributed by atoms with Crippen molar-refractivity contribution in [1.82, 2.24) is 4.90 Å². The van der Waals surface area contributed by atoms with Crippen molar-refractivity contribution in [2.75, 3.05) is 37.9 Å². The van der Waals surface area contributed by atoms with Crippen molar-refractivity contribution in [3.63, 3.8) is 0 Å². The van der Waals surface area contributed by atoms with Crippen molar-refractivity contribution in [2.45, 2.75) is 38.3 Å². The van der Waals surface area contributed by atoms with Crippen LogP contribution in [-0.4, -0.2) is 44.0 Å². The van der Waals surface area contributed by atoms with Gasteiger partial charge >= 0.3 is 0 Å². The second kappa shape index (κ2) is 8.77. The van der Waals surface area contributed by atoms with Crippen molar-refractivity contribution in [3.05, 3.63) is 60.2 Å². The van der Waals surface area contributed by atoms with Gasteiger partial charge in [-0.1, -0.05) is 30.3 Å². The first-order chi connectivity index (χ1) is 13.3. The zero-order valence-electron chi connectivity index (χ0n) is 16.2. The zero-order chi connectivity index (χ0) is 18.5. The summed E-state index contributed by atoms with van der Waals surface area (Å²) in [5.74, 6) is 0.949. The summed E-state index contributed by atoms with van der Waals surface area (Å²) in [4.78, 5) is 4.89. The SMILES string of the molecule is CC1CCCN1CCCOc1ccc(N2COC[C@H]2c2ccccc2)cc1. The average molecular weight is 367 g/mol. The highest BCUT2D eigenvalue weighted by molar-refractivity contribution is 5.51. The maximum atomic E-state index is 5.95. The fraction of sp³-hybridized carbons (Fsp3) is 0.478. The summed E-state index contributed by atoms with van der Waals surface area (Å²) in [6, 6.07) is 20.0. The van der Waals surface area contributed by atoms with Gasteiger partial charge in [0.2, 0.25) is 0 Å². The number of nitrogens with zero attached hydrogens (tertiary/aromatic N) is 2. The molecule has 0 aliphatic carbocycles. The van der Waals surface area contributed by atoms with Gasteiger partial charge in [0, 0.05) is 18.3 Å². The highest BCUT2D eigenvalue weighted by atomic mass is 16.5. The molecule has 0 saturated carbocycles. The largest absolute Gasteiger partial charge is 0.494 e. The lowest BCUT2D eigenvalue weighted by Gasteiger charge is -2.25. The van der Waals surface area contributed by atoms with Crippen molar-refractivity contribution in [2.24, 2.45) is 0 Å². The molecule has 4 heteroatoms. The number of rotatable bonds is 7. The molecule has 0 N–H and O–H groups in total. The summed E-state index contributed by atoms with van der Waals surface area (Å²) in [7, 11) is 0. The lowest BCUT2D eigenvalue weighted by Crippen LogP contribution is -2.28. The molecule has 2 aliphatic rings. The maximum Gasteiger partial charge on any atom is 0.119 e. The highest BCUT2D eigenvalue weighted by Gasteiger charge is 2.26. The molecule has 27 heavy (non-hydrogen) atoms. The van der Waals surface area contributed by atoms with Crippen molar-refractivity contribution >= 4 is 5.69 Å². The molecule has 0 spiro atoms. The third kappa shape index (κ3) is 4.45. The molecule has 2 heterocycles. The maximum absolute atomic E-state index is 5.95. The molecule has 4 rings (SSSR count). The molecule has 2 aliphatic heterocycles. The summed E-state index contributed by atoms with van der Waals surface area (Å²) in [6.45, 7) is 6.86. The Bertz CT molecular complexity index is 704. The standard InChI is InChI=1S/C23H30N2O2/c1-19-7-5-14-24(19)15-6-16-27-22-12-10-21(11-13-22)25-18-26-17-23(25)20-8-3-2-4-9-20/h2-4,8-13,19,23H,5-7,14-18H2,1H3/t19?,23-/m0/s1. The second-order valence-electron chi connectivity index (χ2n) is 7.62. The van der Waals surface area contributed by atoms with E-state index in [1.165, 1.54) is 30.6 Å². The van der Waals surface area contributed by atoms with E-state index in [4.69, 9.17) is 9.47 Å². The van der Waals surface area contributed by atoms with Crippen LogP contribution in [0.1, 0.15) is 37.8 Å². The van der Waals surface area contributed by atoms with Gasteiger partial charge < -0.3 is 19.3 Å². The summed E-state index contributed by atoms with van der Waals surface area (Å²) in [6.07, 6.45) is 3.77. The molecule has 2 saturated heterocycles. The zero-order valence-corrected chi connectivity index (χ0v) is 16.2. The van der Waals surface area contributed by atoms with Gasteiger partial charge in [0.15, 0.2) is 0 Å². The molecular formula is C23H30N2O2. The number of hydrogen-bond donors (Lipinski definition) is 0. The lowest BCUT2D eigenvalue weighted by molar-refractivity contribution is 0.194. The molecule has 4 nitrogen and oxygen atoms in total. The fourth-order valence-electron chi connectivity index (χ4n) is 4.16. The van der Waals surface area contributed by atoms with Gasteiger partial charge in [0.25, 0.3) is 0 Å². The van der Waals surface area contributed by atoms with Crippen molar-refractivity contribution in [1.29, 1.82) is 0 Å². The van der Waals surface area contributed by atoms with Crippen LogP contribution in [0.3, 0.4) is 0 Å². The van der Waals surface area contributed by atoms with E-state index in [0.29, 0.717) is 6.73 Å². The summed E-state index contributed by atoms with van der Waals surface area (Å²) in [5, 5.41) is 0. The molecule has 144 valence electrons. The topological polar surface area (TPSA) is 24.9 Å². The minimum Gasteiger partial charge on any atom is -0.494 e. The highest BCUT2D eigenvalue weighted by Crippen LogP contribution is 2.32. The smallest absolute Gasteiger partial charge is 0.119 e. The Morgan fingerprint density at radius 3 is 2.63 bits per heavy atom. The summed E-state index contributed by atoms with van der Waals surface area (Å²) < 4.78 is 11.7. The Morgan fingerprint density at radius 2 is 1.89 bits per heavy atom. The van der Waals surface area contributed by atoms with E-state index in [1.54, 1.807) is 0 Å². The molecule has 0 radical (unpaired) electrons. The van der Waals surface area contributed by atoms with Crippen LogP contribution in [-0.2, 0) is 4.74 Å². The van der Waals surface area contributed by atoms with E-state index in [-0.39, 0.29) is 6.04 Å². The normalized spacial score (nSPS) is 23.1. The molecule has 2 fully saturated rings. The van der Waals surface area contributed by atoms with Crippen LogP contribution in [0.5, 0.6) is 5.75 Å². The van der Waals surface area contributed by atoms with Crippen molar-refractivity contribution < 1.29 is 9.47 Å². The monoisotopic (exact) mass is 366 g/mol. The third-order valence-electron chi connectivity index (χ3n) is 5.78. The fourth-order valence-corrected chi connectivity index (χ4v) is 4.16. The Kier molecular flexibility index (Phi) is 5.95. The Balaban J connectivity index is 1.29. The average Bonchev–Trinajstić information content (AvgIpc) is 3.36. The molecule has 0 aromatic heterocycles. The molecule has 1 unspecified atom stereocenters. The van der Waals surface area contributed by atoms with Crippen LogP contribution >= 0.6 is 0 Å². The van der Waals surface area contributed by atoms with Crippen LogP contribution in [0.4, 0.5) is 5.69 Å². The minimum atomic E-state index is 0.278. The molecule has 2 aromatic rings. The van der Waals surface area contributed by atoms with Crippen LogP contribution in [0.15, 0.2) is 54.6 Å². The first-order valence-corrected chi connectivity index (χ1v) is 10.2. The summed E-state index contributed by atoms with van der Waals surface area (Å²) in [5.41, 5.74) is 2.48. The van der Waals surface area contributed by atoms with E-state index in [2.05, 4.69) is 71.3 Å². The van der Waals surface area contributed by atoms with E-state index in [0.717, 1.165) is 38.0 Å². The van der Waals surface area contributed by atoms with Gasteiger partial charge in [-0.2, -0.15) is 0 Å². The van der Waals surface area contributed by atoms with Crippen LogP contribution in [0.2, 0.25) is 0 Å². The van der Waals surface area contributed by atoms with Crippen LogP contribution < -0.4 is 9.64 Å². The van der Waals surface area contributed by atoms with Crippen LogP contribution in [0, 0.1) is 0 Å². The summed E-state index contributed by atoms with van der Waals surface area (Å²) >= 11 is 0. The first kappa shape index (κ1) is 18.3. The van der Waals surface area contributed by atoms with Gasteiger partial charge in [-0.15, -0.1) is 0 Å². The molecule has 2 aromatic carbocycles. The third-order valence-corrected chi connectivity index (χ3v) is 5.78. The number of likely N-dealkylation sites (tertiary alicyclic amines) is 1. The minimum absolute atomic E-state index is 0.278. The van der Waals surface area contributed by atoms with E-state index in [1.807, 2.05) is 0 Å². The van der Waals surface area contributed by atoms with Gasteiger partial charge in [0.05, 0.1) is 19.3 Å². The molecule has 0 bridgehead atoms. The molecular weight excluding hydrogens is 336 g/mol. The molecule has 2 atom stereocenters. The number of ether oxygens (including phenoxy) is 2. The predicted octanol–water partition coefficient (Wildman–Crippen LogP) is 4.48. The van der Waals surface area contributed by atoms with Gasteiger partial charge in [-0.25, -0.2) is 0 Å². The Morgan fingerprint density at radius 1 is 1.07 bits per heavy atom. The van der Waals surface area contributed by atoms with E-state index >= 15 is 0 Å². The number of benzene rings is 2. The van der Waals surface area contributed by atoms with Gasteiger partial charge in [0.1, 0.15) is 12.5 Å². The van der Waals surface area contributed by atoms with Gasteiger partial charge in [-0.3, -0.25) is 0 Å². The quantitative estimate of drug-likeness (QED) is 0.675. The first-order valence-electron chi connectivity index (χ1n) is 10.2. The predicted molar refractivity (Wildman–Crippen MR) is 109 cm³/mol. The van der Waals surface area contributed by atoms with Crippen LogP contribution in [0.25, 0.3) is 0 Å².